The SMILES string of the molecule is CCCCNC(=O)C1(C(=O)NC2CCCCC2)CC1. The summed E-state index contributed by atoms with van der Waals surface area (Å²) in [6, 6.07) is 0.294. The van der Waals surface area contributed by atoms with Crippen LogP contribution in [0.4, 0.5) is 0 Å². The van der Waals surface area contributed by atoms with E-state index in [9.17, 15) is 9.59 Å². The minimum Gasteiger partial charge on any atom is -0.355 e. The second-order valence-corrected chi connectivity index (χ2v) is 6.00. The van der Waals surface area contributed by atoms with Crippen molar-refractivity contribution in [2.24, 2.45) is 5.41 Å². The van der Waals surface area contributed by atoms with E-state index in [2.05, 4.69) is 17.6 Å². The van der Waals surface area contributed by atoms with Crippen molar-refractivity contribution in [3.8, 4) is 0 Å². The molecule has 0 heterocycles. The fourth-order valence-electron chi connectivity index (χ4n) is 2.80. The van der Waals surface area contributed by atoms with E-state index in [0.717, 1.165) is 25.7 Å². The second kappa shape index (κ2) is 6.40. The molecular weight excluding hydrogens is 240 g/mol. The van der Waals surface area contributed by atoms with Crippen LogP contribution in [0.5, 0.6) is 0 Å². The summed E-state index contributed by atoms with van der Waals surface area (Å²) in [5, 5.41) is 6.00. The minimum absolute atomic E-state index is 0.0339. The molecular formula is C15H26N2O2. The van der Waals surface area contributed by atoms with Gasteiger partial charge < -0.3 is 10.6 Å². The molecule has 0 unspecified atom stereocenters. The van der Waals surface area contributed by atoms with Crippen LogP contribution >= 0.6 is 0 Å². The van der Waals surface area contributed by atoms with Crippen LogP contribution in [-0.4, -0.2) is 24.4 Å². The molecule has 0 spiro atoms. The van der Waals surface area contributed by atoms with Gasteiger partial charge in [-0.25, -0.2) is 0 Å². The van der Waals surface area contributed by atoms with Crippen LogP contribution in [-0.2, 0) is 9.59 Å². The standard InChI is InChI=1S/C15H26N2O2/c1-2-3-11-16-13(18)15(9-10-15)14(19)17-12-7-5-4-6-8-12/h12H,2-11H2,1H3,(H,16,18)(H,17,19). The van der Waals surface area contributed by atoms with E-state index in [-0.39, 0.29) is 11.8 Å². The summed E-state index contributed by atoms with van der Waals surface area (Å²) in [6.45, 7) is 2.78. The first kappa shape index (κ1) is 14.4. The van der Waals surface area contributed by atoms with Gasteiger partial charge in [0.05, 0.1) is 0 Å². The smallest absolute Gasteiger partial charge is 0.235 e. The number of carbonyl (C=O) groups excluding carboxylic acids is 2. The van der Waals surface area contributed by atoms with Crippen LogP contribution in [0.1, 0.15) is 64.7 Å². The minimum atomic E-state index is -0.731. The lowest BCUT2D eigenvalue weighted by Gasteiger charge is -2.25. The quantitative estimate of drug-likeness (QED) is 0.571. The number of hydrogen-bond acceptors (Lipinski definition) is 2. The Labute approximate surface area is 115 Å². The Hall–Kier alpha value is -1.06. The van der Waals surface area contributed by atoms with Gasteiger partial charge in [-0.05, 0) is 32.1 Å². The molecule has 19 heavy (non-hydrogen) atoms. The molecule has 2 rings (SSSR count). The summed E-state index contributed by atoms with van der Waals surface area (Å²) < 4.78 is 0. The maximum absolute atomic E-state index is 12.3. The van der Waals surface area contributed by atoms with Gasteiger partial charge in [-0.15, -0.1) is 0 Å². The van der Waals surface area contributed by atoms with E-state index in [1.165, 1.54) is 19.3 Å². The van der Waals surface area contributed by atoms with Crippen LogP contribution in [0.15, 0.2) is 0 Å². The molecule has 2 aliphatic carbocycles. The van der Waals surface area contributed by atoms with Crippen LogP contribution in [0.25, 0.3) is 0 Å². The first-order valence-corrected chi connectivity index (χ1v) is 7.78. The zero-order valence-electron chi connectivity index (χ0n) is 12.0. The molecule has 4 nitrogen and oxygen atoms in total. The summed E-state index contributed by atoms with van der Waals surface area (Å²) >= 11 is 0. The zero-order valence-corrected chi connectivity index (χ0v) is 12.0. The number of unbranched alkanes of at least 4 members (excludes halogenated alkanes) is 1. The molecule has 2 fully saturated rings. The van der Waals surface area contributed by atoms with Gasteiger partial charge >= 0.3 is 0 Å². The molecule has 2 N–H and O–H groups in total. The number of amides is 2. The zero-order chi connectivity index (χ0) is 13.7. The van der Waals surface area contributed by atoms with E-state index in [0.29, 0.717) is 25.4 Å². The van der Waals surface area contributed by atoms with Crippen LogP contribution in [0, 0.1) is 5.41 Å². The van der Waals surface area contributed by atoms with Gasteiger partial charge in [0.15, 0.2) is 0 Å². The summed E-state index contributed by atoms with van der Waals surface area (Å²) in [4.78, 5) is 24.4. The molecule has 0 radical (unpaired) electrons. The molecule has 0 aromatic heterocycles. The van der Waals surface area contributed by atoms with Gasteiger partial charge in [0.25, 0.3) is 0 Å². The van der Waals surface area contributed by atoms with E-state index in [1.807, 2.05) is 0 Å². The molecule has 2 amide bonds. The Morgan fingerprint density at radius 1 is 1.11 bits per heavy atom. The average molecular weight is 266 g/mol. The highest BCUT2D eigenvalue weighted by molar-refractivity contribution is 6.07. The van der Waals surface area contributed by atoms with Gasteiger partial charge in [-0.1, -0.05) is 32.6 Å². The van der Waals surface area contributed by atoms with Crippen molar-refractivity contribution in [1.82, 2.24) is 10.6 Å². The average Bonchev–Trinajstić information content (AvgIpc) is 3.21. The summed E-state index contributed by atoms with van der Waals surface area (Å²) in [7, 11) is 0. The summed E-state index contributed by atoms with van der Waals surface area (Å²) in [5.74, 6) is -0.0948. The Morgan fingerprint density at radius 2 is 1.79 bits per heavy atom. The molecule has 0 saturated heterocycles. The molecule has 0 aromatic rings. The highest BCUT2D eigenvalue weighted by Crippen LogP contribution is 2.46. The highest BCUT2D eigenvalue weighted by atomic mass is 16.2. The van der Waals surface area contributed by atoms with Gasteiger partial charge in [0.2, 0.25) is 11.8 Å². The van der Waals surface area contributed by atoms with Crippen molar-refractivity contribution in [2.75, 3.05) is 6.54 Å². The fourth-order valence-corrected chi connectivity index (χ4v) is 2.80. The second-order valence-electron chi connectivity index (χ2n) is 6.00. The predicted octanol–water partition coefficient (Wildman–Crippen LogP) is 2.13. The largest absolute Gasteiger partial charge is 0.355 e. The molecule has 0 atom stereocenters. The molecule has 108 valence electrons. The Bertz CT molecular complexity index is 331. The van der Waals surface area contributed by atoms with Gasteiger partial charge in [-0.3, -0.25) is 9.59 Å². The third kappa shape index (κ3) is 3.48. The monoisotopic (exact) mass is 266 g/mol. The number of hydrogen-bond donors (Lipinski definition) is 2. The van der Waals surface area contributed by atoms with Crippen molar-refractivity contribution >= 4 is 11.8 Å². The molecule has 0 aliphatic heterocycles. The number of carbonyl (C=O) groups is 2. The van der Waals surface area contributed by atoms with Crippen LogP contribution in [0.2, 0.25) is 0 Å². The van der Waals surface area contributed by atoms with Gasteiger partial charge in [0.1, 0.15) is 5.41 Å². The van der Waals surface area contributed by atoms with E-state index in [1.54, 1.807) is 0 Å². The maximum Gasteiger partial charge on any atom is 0.235 e. The molecule has 0 aromatic carbocycles. The number of rotatable bonds is 6. The van der Waals surface area contributed by atoms with Crippen molar-refractivity contribution in [1.29, 1.82) is 0 Å². The topological polar surface area (TPSA) is 58.2 Å². The van der Waals surface area contributed by atoms with Crippen molar-refractivity contribution in [3.63, 3.8) is 0 Å². The van der Waals surface area contributed by atoms with Crippen LogP contribution < -0.4 is 10.6 Å². The van der Waals surface area contributed by atoms with Crippen molar-refractivity contribution in [2.45, 2.75) is 70.8 Å². The van der Waals surface area contributed by atoms with E-state index < -0.39 is 5.41 Å². The Balaban J connectivity index is 1.81. The Kier molecular flexibility index (Phi) is 4.83. The molecule has 2 saturated carbocycles. The van der Waals surface area contributed by atoms with Gasteiger partial charge in [0, 0.05) is 12.6 Å². The van der Waals surface area contributed by atoms with Crippen molar-refractivity contribution in [3.05, 3.63) is 0 Å². The van der Waals surface area contributed by atoms with E-state index >= 15 is 0 Å². The normalized spacial score (nSPS) is 21.7. The third-order valence-corrected chi connectivity index (χ3v) is 4.38. The van der Waals surface area contributed by atoms with Gasteiger partial charge in [-0.2, -0.15) is 0 Å². The highest BCUT2D eigenvalue weighted by Gasteiger charge is 2.56. The fraction of sp³-hybridized carbons (Fsp3) is 0.867. The lowest BCUT2D eigenvalue weighted by Crippen LogP contribution is -2.47. The molecule has 2 aliphatic rings. The predicted molar refractivity (Wildman–Crippen MR) is 74.6 cm³/mol. The molecule has 0 bridgehead atoms. The first-order chi connectivity index (χ1) is 9.19. The maximum atomic E-state index is 12.3. The van der Waals surface area contributed by atoms with E-state index in [4.69, 9.17) is 0 Å². The summed E-state index contributed by atoms with van der Waals surface area (Å²) in [5.41, 5.74) is -0.731. The number of nitrogens with one attached hydrogen (secondary N) is 2. The molecule has 4 heteroatoms. The Morgan fingerprint density at radius 3 is 2.37 bits per heavy atom. The van der Waals surface area contributed by atoms with Crippen molar-refractivity contribution < 1.29 is 9.59 Å². The third-order valence-electron chi connectivity index (χ3n) is 4.38. The lowest BCUT2D eigenvalue weighted by atomic mass is 9.94. The van der Waals surface area contributed by atoms with Crippen LogP contribution in [0.3, 0.4) is 0 Å². The summed E-state index contributed by atoms with van der Waals surface area (Å²) in [6.07, 6.45) is 9.26. The first-order valence-electron chi connectivity index (χ1n) is 7.78. The lowest BCUT2D eigenvalue weighted by molar-refractivity contribution is -0.137.